The number of hydrogen-bond donors (Lipinski definition) is 1. The van der Waals surface area contributed by atoms with Crippen molar-refractivity contribution < 1.29 is 13.2 Å². The van der Waals surface area contributed by atoms with Crippen molar-refractivity contribution in [2.45, 2.75) is 6.42 Å². The Bertz CT molecular complexity index is 541. The molecule has 98 valence electrons. The monoisotopic (exact) mass is 267 g/mol. The quantitative estimate of drug-likeness (QED) is 0.633. The van der Waals surface area contributed by atoms with Gasteiger partial charge in [0, 0.05) is 11.8 Å². The highest BCUT2D eigenvalue weighted by molar-refractivity contribution is 7.90. The van der Waals surface area contributed by atoms with E-state index in [9.17, 15) is 8.42 Å². The molecule has 0 radical (unpaired) electrons. The molecule has 0 saturated heterocycles. The van der Waals surface area contributed by atoms with Crippen LogP contribution in [0.3, 0.4) is 0 Å². The molecule has 5 heteroatoms. The molecule has 4 nitrogen and oxygen atoms in total. The number of rotatable bonds is 5. The first-order chi connectivity index (χ1) is 8.51. The maximum absolute atomic E-state index is 10.9. The molecule has 18 heavy (non-hydrogen) atoms. The molecule has 1 rings (SSSR count). The lowest BCUT2D eigenvalue weighted by Crippen LogP contribution is -2.07. The SMILES string of the molecule is CS(=O)(=O)CCCOc1cccc(C#CCN)c1. The summed E-state index contributed by atoms with van der Waals surface area (Å²) in [5.74, 6) is 6.50. The van der Waals surface area contributed by atoms with Crippen LogP contribution in [0.4, 0.5) is 0 Å². The van der Waals surface area contributed by atoms with Crippen LogP contribution in [0.1, 0.15) is 12.0 Å². The summed E-state index contributed by atoms with van der Waals surface area (Å²) in [5, 5.41) is 0. The normalized spacial score (nSPS) is 10.6. The lowest BCUT2D eigenvalue weighted by molar-refractivity contribution is 0.317. The molecule has 0 aliphatic carbocycles. The van der Waals surface area contributed by atoms with Gasteiger partial charge in [0.2, 0.25) is 0 Å². The molecule has 0 aliphatic rings. The molecule has 0 atom stereocenters. The van der Waals surface area contributed by atoms with E-state index in [1.807, 2.05) is 24.3 Å². The van der Waals surface area contributed by atoms with Gasteiger partial charge in [0.05, 0.1) is 18.9 Å². The van der Waals surface area contributed by atoms with Gasteiger partial charge in [-0.25, -0.2) is 8.42 Å². The first-order valence-electron chi connectivity index (χ1n) is 5.61. The third-order valence-corrected chi connectivity index (χ3v) is 3.13. The van der Waals surface area contributed by atoms with E-state index in [4.69, 9.17) is 10.5 Å². The number of sulfone groups is 1. The third-order valence-electron chi connectivity index (χ3n) is 2.10. The van der Waals surface area contributed by atoms with Crippen LogP contribution >= 0.6 is 0 Å². The third kappa shape index (κ3) is 6.28. The topological polar surface area (TPSA) is 69.4 Å². The molecular weight excluding hydrogens is 250 g/mol. The van der Waals surface area contributed by atoms with Gasteiger partial charge in [-0.15, -0.1) is 0 Å². The molecule has 0 unspecified atom stereocenters. The molecule has 0 bridgehead atoms. The Kier molecular flexibility index (Phi) is 5.69. The van der Waals surface area contributed by atoms with Crippen molar-refractivity contribution >= 4 is 9.84 Å². The Morgan fingerprint density at radius 2 is 2.17 bits per heavy atom. The fourth-order valence-electron chi connectivity index (χ4n) is 1.33. The standard InChI is InChI=1S/C13H17NO3S/c1-18(15,16)10-4-9-17-13-7-2-5-12(11-13)6-3-8-14/h2,5,7,11H,4,8-10,14H2,1H3. The molecule has 0 heterocycles. The smallest absolute Gasteiger partial charge is 0.147 e. The molecule has 2 N–H and O–H groups in total. The molecule has 0 amide bonds. The molecule has 0 saturated carbocycles. The molecule has 0 fully saturated rings. The number of hydrogen-bond acceptors (Lipinski definition) is 4. The second-order valence-corrected chi connectivity index (χ2v) is 6.13. The highest BCUT2D eigenvalue weighted by Crippen LogP contribution is 2.12. The van der Waals surface area contributed by atoms with Gasteiger partial charge in [-0.1, -0.05) is 17.9 Å². The summed E-state index contributed by atoms with van der Waals surface area (Å²) in [6.45, 7) is 0.695. The molecule has 0 spiro atoms. The van der Waals surface area contributed by atoms with Crippen LogP contribution in [-0.2, 0) is 9.84 Å². The second kappa shape index (κ2) is 7.04. The van der Waals surface area contributed by atoms with Crippen LogP contribution in [0.15, 0.2) is 24.3 Å². The zero-order chi connectivity index (χ0) is 13.4. The molecule has 1 aromatic rings. The van der Waals surface area contributed by atoms with Crippen LogP contribution in [0.25, 0.3) is 0 Å². The lowest BCUT2D eigenvalue weighted by atomic mass is 10.2. The van der Waals surface area contributed by atoms with Crippen LogP contribution in [0.2, 0.25) is 0 Å². The summed E-state index contributed by atoms with van der Waals surface area (Å²) in [7, 11) is -2.91. The van der Waals surface area contributed by atoms with E-state index in [1.54, 1.807) is 0 Å². The van der Waals surface area contributed by atoms with Crippen molar-refractivity contribution in [3.05, 3.63) is 29.8 Å². The minimum atomic E-state index is -2.91. The van der Waals surface area contributed by atoms with E-state index in [-0.39, 0.29) is 5.75 Å². The van der Waals surface area contributed by atoms with E-state index < -0.39 is 9.84 Å². The van der Waals surface area contributed by atoms with Crippen molar-refractivity contribution in [3.8, 4) is 17.6 Å². The predicted molar refractivity (Wildman–Crippen MR) is 72.2 cm³/mol. The predicted octanol–water partition coefficient (Wildman–Crippen LogP) is 0.810. The minimum absolute atomic E-state index is 0.139. The number of benzene rings is 1. The van der Waals surface area contributed by atoms with Gasteiger partial charge in [0.1, 0.15) is 15.6 Å². The second-order valence-electron chi connectivity index (χ2n) is 3.87. The zero-order valence-corrected chi connectivity index (χ0v) is 11.2. The van der Waals surface area contributed by atoms with E-state index >= 15 is 0 Å². The van der Waals surface area contributed by atoms with E-state index in [0.29, 0.717) is 25.3 Å². The van der Waals surface area contributed by atoms with E-state index in [2.05, 4.69) is 11.8 Å². The molecule has 1 aromatic carbocycles. The first-order valence-corrected chi connectivity index (χ1v) is 7.67. The van der Waals surface area contributed by atoms with Crippen LogP contribution in [0, 0.1) is 11.8 Å². The summed E-state index contributed by atoms with van der Waals surface area (Å²) < 4.78 is 27.3. The van der Waals surface area contributed by atoms with Crippen molar-refractivity contribution in [1.82, 2.24) is 0 Å². The van der Waals surface area contributed by atoms with Crippen molar-refractivity contribution in [3.63, 3.8) is 0 Å². The van der Waals surface area contributed by atoms with Gasteiger partial charge in [0.25, 0.3) is 0 Å². The molecule has 0 aliphatic heterocycles. The minimum Gasteiger partial charge on any atom is -0.494 e. The van der Waals surface area contributed by atoms with Gasteiger partial charge in [-0.2, -0.15) is 0 Å². The molecular formula is C13H17NO3S. The fraction of sp³-hybridized carbons (Fsp3) is 0.385. The Morgan fingerprint density at radius 3 is 2.83 bits per heavy atom. The summed E-state index contributed by atoms with van der Waals surface area (Å²) in [6, 6.07) is 7.33. The summed E-state index contributed by atoms with van der Waals surface area (Å²) in [5.41, 5.74) is 6.13. The Hall–Kier alpha value is -1.51. The average molecular weight is 267 g/mol. The highest BCUT2D eigenvalue weighted by atomic mass is 32.2. The van der Waals surface area contributed by atoms with Gasteiger partial charge >= 0.3 is 0 Å². The first kappa shape index (κ1) is 14.6. The van der Waals surface area contributed by atoms with E-state index in [0.717, 1.165) is 5.56 Å². The van der Waals surface area contributed by atoms with Crippen molar-refractivity contribution in [1.29, 1.82) is 0 Å². The number of ether oxygens (including phenoxy) is 1. The van der Waals surface area contributed by atoms with Crippen molar-refractivity contribution in [2.24, 2.45) is 5.73 Å². The van der Waals surface area contributed by atoms with Gasteiger partial charge in [0.15, 0.2) is 0 Å². The van der Waals surface area contributed by atoms with Gasteiger partial charge in [-0.05, 0) is 24.6 Å². The maximum Gasteiger partial charge on any atom is 0.147 e. The Morgan fingerprint density at radius 1 is 1.39 bits per heavy atom. The maximum atomic E-state index is 10.9. The average Bonchev–Trinajstić information content (AvgIpc) is 2.31. The van der Waals surface area contributed by atoms with Crippen molar-refractivity contribution in [2.75, 3.05) is 25.2 Å². The Labute approximate surface area is 108 Å². The summed E-state index contributed by atoms with van der Waals surface area (Å²) in [6.07, 6.45) is 1.70. The van der Waals surface area contributed by atoms with Crippen LogP contribution in [0.5, 0.6) is 5.75 Å². The zero-order valence-electron chi connectivity index (χ0n) is 10.3. The van der Waals surface area contributed by atoms with E-state index in [1.165, 1.54) is 6.26 Å². The highest BCUT2D eigenvalue weighted by Gasteiger charge is 2.02. The molecule has 0 aromatic heterocycles. The van der Waals surface area contributed by atoms with Crippen LogP contribution < -0.4 is 10.5 Å². The number of nitrogens with two attached hydrogens (primary N) is 1. The van der Waals surface area contributed by atoms with Crippen LogP contribution in [-0.4, -0.2) is 33.6 Å². The fourth-order valence-corrected chi connectivity index (χ4v) is 1.97. The lowest BCUT2D eigenvalue weighted by Gasteiger charge is -2.05. The largest absolute Gasteiger partial charge is 0.494 e. The summed E-state index contributed by atoms with van der Waals surface area (Å²) >= 11 is 0. The Balaban J connectivity index is 2.48. The van der Waals surface area contributed by atoms with Gasteiger partial charge < -0.3 is 10.5 Å². The van der Waals surface area contributed by atoms with Gasteiger partial charge in [-0.3, -0.25) is 0 Å². The summed E-state index contributed by atoms with van der Waals surface area (Å²) in [4.78, 5) is 0.